The molecule has 0 amide bonds. The summed E-state index contributed by atoms with van der Waals surface area (Å²) in [6.45, 7) is 2.51. The fourth-order valence-corrected chi connectivity index (χ4v) is 1.99. The van der Waals surface area contributed by atoms with E-state index in [1.165, 1.54) is 7.11 Å². The van der Waals surface area contributed by atoms with E-state index < -0.39 is 0 Å². The minimum Gasteiger partial charge on any atom is -0.465 e. The molecule has 0 aliphatic heterocycles. The van der Waals surface area contributed by atoms with Gasteiger partial charge in [0.15, 0.2) is 0 Å². The molecule has 106 valence electrons. The van der Waals surface area contributed by atoms with Gasteiger partial charge in [-0.15, -0.1) is 0 Å². The number of methoxy groups -OCH3 is 1. The Morgan fingerprint density at radius 3 is 2.75 bits per heavy atom. The molecule has 6 nitrogen and oxygen atoms in total. The normalized spacial score (nSPS) is 10.4. The summed E-state index contributed by atoms with van der Waals surface area (Å²) >= 11 is 0. The third kappa shape index (κ3) is 2.96. The number of hydrogen-bond acceptors (Lipinski definition) is 5. The lowest BCUT2D eigenvalue weighted by atomic mass is 10.2. The zero-order valence-corrected chi connectivity index (χ0v) is 12.1. The van der Waals surface area contributed by atoms with Crippen LogP contribution in [0.5, 0.6) is 0 Å². The summed E-state index contributed by atoms with van der Waals surface area (Å²) in [5.41, 5.74) is 2.25. The molecule has 2 aromatic rings. The molecule has 20 heavy (non-hydrogen) atoms. The summed E-state index contributed by atoms with van der Waals surface area (Å²) in [6.07, 6.45) is 3.79. The topological polar surface area (TPSA) is 60.2 Å². The van der Waals surface area contributed by atoms with E-state index in [4.69, 9.17) is 4.74 Å². The van der Waals surface area contributed by atoms with Gasteiger partial charge in [0.25, 0.3) is 0 Å². The van der Waals surface area contributed by atoms with Crippen LogP contribution in [0, 0.1) is 6.92 Å². The highest BCUT2D eigenvalue weighted by Crippen LogP contribution is 2.16. The average molecular weight is 274 g/mol. The lowest BCUT2D eigenvalue weighted by Gasteiger charge is -2.18. The van der Waals surface area contributed by atoms with Crippen molar-refractivity contribution in [2.75, 3.05) is 19.1 Å². The van der Waals surface area contributed by atoms with Crippen LogP contribution in [0.4, 0.5) is 5.82 Å². The molecule has 0 fully saturated rings. The van der Waals surface area contributed by atoms with E-state index in [1.54, 1.807) is 17.7 Å². The van der Waals surface area contributed by atoms with Crippen molar-refractivity contribution < 1.29 is 9.53 Å². The predicted octanol–water partition coefficient (Wildman–Crippen LogP) is 1.55. The van der Waals surface area contributed by atoms with Crippen LogP contribution >= 0.6 is 0 Å². The Morgan fingerprint density at radius 1 is 1.45 bits per heavy atom. The van der Waals surface area contributed by atoms with Gasteiger partial charge < -0.3 is 9.64 Å². The molecule has 0 N–H and O–H groups in total. The zero-order valence-electron chi connectivity index (χ0n) is 12.1. The van der Waals surface area contributed by atoms with Crippen molar-refractivity contribution in [2.45, 2.75) is 13.5 Å². The third-order valence-electron chi connectivity index (χ3n) is 3.05. The molecule has 2 heterocycles. The second kappa shape index (κ2) is 5.73. The average Bonchev–Trinajstić information content (AvgIpc) is 2.83. The molecule has 0 aromatic carbocycles. The van der Waals surface area contributed by atoms with Crippen LogP contribution in [0.1, 0.15) is 21.6 Å². The maximum Gasteiger partial charge on any atom is 0.339 e. The summed E-state index contributed by atoms with van der Waals surface area (Å²) in [6, 6.07) is 3.55. The van der Waals surface area contributed by atoms with Crippen molar-refractivity contribution in [3.05, 3.63) is 41.3 Å². The monoisotopic (exact) mass is 274 g/mol. The number of carbonyl (C=O) groups is 1. The molecule has 6 heteroatoms. The molecule has 0 bridgehead atoms. The van der Waals surface area contributed by atoms with E-state index in [1.807, 2.05) is 37.5 Å². The van der Waals surface area contributed by atoms with Crippen LogP contribution in [0.25, 0.3) is 0 Å². The van der Waals surface area contributed by atoms with Crippen molar-refractivity contribution in [3.63, 3.8) is 0 Å². The minimum atomic E-state index is -0.364. The molecular weight excluding hydrogens is 256 g/mol. The molecular formula is C14H18N4O2. The molecule has 0 atom stereocenters. The summed E-state index contributed by atoms with van der Waals surface area (Å²) in [5.74, 6) is 0.440. The number of aryl methyl sites for hydroxylation is 2. The first-order chi connectivity index (χ1) is 9.51. The Labute approximate surface area is 118 Å². The summed E-state index contributed by atoms with van der Waals surface area (Å²) in [4.78, 5) is 18.0. The Balaban J connectivity index is 2.16. The van der Waals surface area contributed by atoms with Gasteiger partial charge in [0.05, 0.1) is 24.6 Å². The van der Waals surface area contributed by atoms with Crippen LogP contribution < -0.4 is 4.90 Å². The zero-order chi connectivity index (χ0) is 14.7. The first-order valence-corrected chi connectivity index (χ1v) is 6.26. The number of ether oxygens (including phenoxy) is 1. The first-order valence-electron chi connectivity index (χ1n) is 6.26. The second-order valence-electron chi connectivity index (χ2n) is 4.67. The van der Waals surface area contributed by atoms with E-state index in [-0.39, 0.29) is 5.97 Å². The van der Waals surface area contributed by atoms with Gasteiger partial charge in [0, 0.05) is 32.4 Å². The molecule has 2 rings (SSSR count). The maximum atomic E-state index is 11.5. The fraction of sp³-hybridized carbons (Fsp3) is 0.357. The standard InChI is InChI=1S/C14H18N4O2/c1-10-12(14(19)20-4)5-6-13(16-10)17(2)8-11-7-15-18(3)9-11/h5-7,9H,8H2,1-4H3. The molecule has 0 saturated carbocycles. The van der Waals surface area contributed by atoms with E-state index in [0.29, 0.717) is 17.8 Å². The summed E-state index contributed by atoms with van der Waals surface area (Å²) in [7, 11) is 5.20. The van der Waals surface area contributed by atoms with Gasteiger partial charge >= 0.3 is 5.97 Å². The smallest absolute Gasteiger partial charge is 0.339 e. The molecule has 0 spiro atoms. The van der Waals surface area contributed by atoms with Crippen molar-refractivity contribution >= 4 is 11.8 Å². The summed E-state index contributed by atoms with van der Waals surface area (Å²) < 4.78 is 6.48. The van der Waals surface area contributed by atoms with E-state index in [2.05, 4.69) is 10.1 Å². The quantitative estimate of drug-likeness (QED) is 0.792. The van der Waals surface area contributed by atoms with Crippen LogP contribution in [0.15, 0.2) is 24.5 Å². The number of anilines is 1. The Bertz CT molecular complexity index is 621. The lowest BCUT2D eigenvalue weighted by Crippen LogP contribution is -2.18. The van der Waals surface area contributed by atoms with E-state index in [0.717, 1.165) is 11.4 Å². The number of aromatic nitrogens is 3. The van der Waals surface area contributed by atoms with Crippen LogP contribution in [0.3, 0.4) is 0 Å². The lowest BCUT2D eigenvalue weighted by molar-refractivity contribution is 0.0599. The number of carbonyl (C=O) groups excluding carboxylic acids is 1. The Morgan fingerprint density at radius 2 is 2.20 bits per heavy atom. The van der Waals surface area contributed by atoms with Crippen LogP contribution in [-0.2, 0) is 18.3 Å². The molecule has 0 aliphatic rings. The van der Waals surface area contributed by atoms with Crippen molar-refractivity contribution in [3.8, 4) is 0 Å². The summed E-state index contributed by atoms with van der Waals surface area (Å²) in [5, 5.41) is 4.14. The van der Waals surface area contributed by atoms with Crippen LogP contribution in [-0.4, -0.2) is 34.9 Å². The van der Waals surface area contributed by atoms with Gasteiger partial charge in [-0.25, -0.2) is 9.78 Å². The van der Waals surface area contributed by atoms with Crippen molar-refractivity contribution in [2.24, 2.45) is 7.05 Å². The van der Waals surface area contributed by atoms with Gasteiger partial charge in [-0.1, -0.05) is 0 Å². The number of hydrogen-bond donors (Lipinski definition) is 0. The molecule has 0 aliphatic carbocycles. The Hall–Kier alpha value is -2.37. The van der Waals surface area contributed by atoms with Crippen LogP contribution in [0.2, 0.25) is 0 Å². The van der Waals surface area contributed by atoms with Crippen molar-refractivity contribution in [1.29, 1.82) is 0 Å². The Kier molecular flexibility index (Phi) is 4.02. The highest BCUT2D eigenvalue weighted by Gasteiger charge is 2.12. The van der Waals surface area contributed by atoms with Crippen molar-refractivity contribution in [1.82, 2.24) is 14.8 Å². The van der Waals surface area contributed by atoms with Gasteiger partial charge in [0.2, 0.25) is 0 Å². The van der Waals surface area contributed by atoms with Gasteiger partial charge in [-0.3, -0.25) is 4.68 Å². The minimum absolute atomic E-state index is 0.364. The predicted molar refractivity (Wildman–Crippen MR) is 75.6 cm³/mol. The SMILES string of the molecule is COC(=O)c1ccc(N(C)Cc2cnn(C)c2)nc1C. The molecule has 2 aromatic heterocycles. The molecule has 0 saturated heterocycles. The van der Waals surface area contributed by atoms with Gasteiger partial charge in [-0.05, 0) is 19.1 Å². The third-order valence-corrected chi connectivity index (χ3v) is 3.05. The number of rotatable bonds is 4. The number of esters is 1. The largest absolute Gasteiger partial charge is 0.465 e. The van der Waals surface area contributed by atoms with Gasteiger partial charge in [-0.2, -0.15) is 5.10 Å². The second-order valence-corrected chi connectivity index (χ2v) is 4.67. The number of nitrogens with zero attached hydrogens (tertiary/aromatic N) is 4. The maximum absolute atomic E-state index is 11.5. The number of pyridine rings is 1. The van der Waals surface area contributed by atoms with Gasteiger partial charge in [0.1, 0.15) is 5.82 Å². The first kappa shape index (κ1) is 14.0. The highest BCUT2D eigenvalue weighted by molar-refractivity contribution is 5.90. The molecule has 0 radical (unpaired) electrons. The highest BCUT2D eigenvalue weighted by atomic mass is 16.5. The fourth-order valence-electron chi connectivity index (χ4n) is 1.99. The van der Waals surface area contributed by atoms with E-state index >= 15 is 0 Å². The molecule has 0 unspecified atom stereocenters. The van der Waals surface area contributed by atoms with E-state index in [9.17, 15) is 4.79 Å².